The number of thiophene rings is 1. The zero-order valence-electron chi connectivity index (χ0n) is 13.9. The maximum absolute atomic E-state index is 12.9. The Morgan fingerprint density at radius 3 is 2.38 bits per heavy atom. The van der Waals surface area contributed by atoms with Crippen molar-refractivity contribution < 1.29 is 0 Å². The van der Waals surface area contributed by atoms with Gasteiger partial charge in [-0.3, -0.25) is 14.3 Å². The molecule has 0 N–H and O–H groups in total. The highest BCUT2D eigenvalue weighted by Gasteiger charge is 2.18. The highest BCUT2D eigenvalue weighted by molar-refractivity contribution is 7.18. The minimum absolute atomic E-state index is 0.110. The number of nitrogens with zero attached hydrogens (tertiary/aromatic N) is 3. The van der Waals surface area contributed by atoms with Gasteiger partial charge in [0.1, 0.15) is 10.7 Å². The molecule has 0 aliphatic rings. The van der Waals surface area contributed by atoms with Crippen molar-refractivity contribution in [3.8, 4) is 0 Å². The third kappa shape index (κ3) is 2.90. The second-order valence-electron chi connectivity index (χ2n) is 5.72. The van der Waals surface area contributed by atoms with Gasteiger partial charge in [-0.1, -0.05) is 13.8 Å². The standard InChI is InChI=1S/C16H25N3OS/c1-7-18(8-2)9-13-17-15-14(11(5)12(6)21-15)16(20)19(13)10(3)4/h10H,7-9H2,1-6H3. The Morgan fingerprint density at radius 1 is 1.24 bits per heavy atom. The molecule has 0 aliphatic heterocycles. The predicted octanol–water partition coefficient (Wildman–Crippen LogP) is 3.50. The van der Waals surface area contributed by atoms with Gasteiger partial charge in [0.15, 0.2) is 0 Å². The first-order valence-corrected chi connectivity index (χ1v) is 8.45. The van der Waals surface area contributed by atoms with Gasteiger partial charge in [0.25, 0.3) is 5.56 Å². The molecule has 0 saturated heterocycles. The summed E-state index contributed by atoms with van der Waals surface area (Å²) < 4.78 is 1.86. The lowest BCUT2D eigenvalue weighted by Gasteiger charge is -2.22. The highest BCUT2D eigenvalue weighted by Crippen LogP contribution is 2.27. The molecular weight excluding hydrogens is 282 g/mol. The van der Waals surface area contributed by atoms with E-state index in [4.69, 9.17) is 4.98 Å². The molecule has 116 valence electrons. The Morgan fingerprint density at radius 2 is 1.86 bits per heavy atom. The van der Waals surface area contributed by atoms with Crippen LogP contribution in [0, 0.1) is 13.8 Å². The van der Waals surface area contributed by atoms with Gasteiger partial charge < -0.3 is 0 Å². The average molecular weight is 307 g/mol. The van der Waals surface area contributed by atoms with E-state index in [0.29, 0.717) is 0 Å². The second-order valence-corrected chi connectivity index (χ2v) is 6.92. The molecule has 0 amide bonds. The molecule has 21 heavy (non-hydrogen) atoms. The molecule has 0 saturated carbocycles. The second kappa shape index (κ2) is 6.28. The average Bonchev–Trinajstić information content (AvgIpc) is 2.71. The third-order valence-electron chi connectivity index (χ3n) is 4.08. The molecule has 4 nitrogen and oxygen atoms in total. The summed E-state index contributed by atoms with van der Waals surface area (Å²) in [6, 6.07) is 0.125. The summed E-state index contributed by atoms with van der Waals surface area (Å²) in [6.07, 6.45) is 0. The molecule has 0 atom stereocenters. The fourth-order valence-electron chi connectivity index (χ4n) is 2.64. The van der Waals surface area contributed by atoms with Crippen molar-refractivity contribution >= 4 is 21.6 Å². The van der Waals surface area contributed by atoms with Gasteiger partial charge in [0.2, 0.25) is 0 Å². The van der Waals surface area contributed by atoms with E-state index in [1.807, 2.05) is 11.5 Å². The Hall–Kier alpha value is -1.20. The Bertz CT molecular complexity index is 696. The quantitative estimate of drug-likeness (QED) is 0.848. The summed E-state index contributed by atoms with van der Waals surface area (Å²) in [5.74, 6) is 0.882. The zero-order chi connectivity index (χ0) is 15.7. The van der Waals surface area contributed by atoms with Crippen molar-refractivity contribution in [3.63, 3.8) is 0 Å². The van der Waals surface area contributed by atoms with Gasteiger partial charge in [-0.25, -0.2) is 4.98 Å². The van der Waals surface area contributed by atoms with Crippen molar-refractivity contribution in [1.29, 1.82) is 0 Å². The number of rotatable bonds is 5. The van der Waals surface area contributed by atoms with Gasteiger partial charge in [-0.2, -0.15) is 0 Å². The molecule has 0 radical (unpaired) electrons. The summed E-state index contributed by atoms with van der Waals surface area (Å²) in [4.78, 5) is 22.1. The summed E-state index contributed by atoms with van der Waals surface area (Å²) in [6.45, 7) is 15.1. The van der Waals surface area contributed by atoms with E-state index >= 15 is 0 Å². The first kappa shape index (κ1) is 16.2. The monoisotopic (exact) mass is 307 g/mol. The summed E-state index contributed by atoms with van der Waals surface area (Å²) in [5.41, 5.74) is 1.19. The van der Waals surface area contributed by atoms with Crippen LogP contribution in [0.4, 0.5) is 0 Å². The van der Waals surface area contributed by atoms with E-state index in [1.165, 1.54) is 4.88 Å². The van der Waals surface area contributed by atoms with E-state index in [2.05, 4.69) is 39.5 Å². The summed E-state index contributed by atoms with van der Waals surface area (Å²) in [5, 5.41) is 0.800. The van der Waals surface area contributed by atoms with Gasteiger partial charge in [0.05, 0.1) is 11.9 Å². The fourth-order valence-corrected chi connectivity index (χ4v) is 3.68. The van der Waals surface area contributed by atoms with Crippen LogP contribution in [0.15, 0.2) is 4.79 Å². The van der Waals surface area contributed by atoms with E-state index in [9.17, 15) is 4.79 Å². The predicted molar refractivity (Wildman–Crippen MR) is 90.4 cm³/mol. The Balaban J connectivity index is 2.69. The minimum atomic E-state index is 0.110. The molecule has 0 fully saturated rings. The smallest absolute Gasteiger partial charge is 0.262 e. The van der Waals surface area contributed by atoms with Crippen LogP contribution < -0.4 is 5.56 Å². The first-order valence-electron chi connectivity index (χ1n) is 7.64. The zero-order valence-corrected chi connectivity index (χ0v) is 14.7. The lowest BCUT2D eigenvalue weighted by Crippen LogP contribution is -2.32. The van der Waals surface area contributed by atoms with E-state index in [0.717, 1.165) is 41.2 Å². The largest absolute Gasteiger partial charge is 0.297 e. The van der Waals surface area contributed by atoms with E-state index in [-0.39, 0.29) is 11.6 Å². The fraction of sp³-hybridized carbons (Fsp3) is 0.625. The number of fused-ring (bicyclic) bond motifs is 1. The van der Waals surface area contributed by atoms with Gasteiger partial charge in [0, 0.05) is 10.9 Å². The van der Waals surface area contributed by atoms with E-state index < -0.39 is 0 Å². The Labute approximate surface area is 130 Å². The maximum Gasteiger partial charge on any atom is 0.262 e. The van der Waals surface area contributed by atoms with Crippen molar-refractivity contribution in [3.05, 3.63) is 26.6 Å². The number of hydrogen-bond acceptors (Lipinski definition) is 4. The van der Waals surface area contributed by atoms with Crippen LogP contribution in [-0.2, 0) is 6.54 Å². The minimum Gasteiger partial charge on any atom is -0.297 e. The molecule has 2 rings (SSSR count). The van der Waals surface area contributed by atoms with Crippen LogP contribution in [0.5, 0.6) is 0 Å². The van der Waals surface area contributed by atoms with Crippen molar-refractivity contribution in [2.24, 2.45) is 0 Å². The van der Waals surface area contributed by atoms with Gasteiger partial charge >= 0.3 is 0 Å². The normalized spacial score (nSPS) is 12.0. The lowest BCUT2D eigenvalue weighted by atomic mass is 10.2. The number of hydrogen-bond donors (Lipinski definition) is 0. The molecule has 0 aromatic carbocycles. The van der Waals surface area contributed by atoms with Crippen LogP contribution in [0.2, 0.25) is 0 Å². The number of aromatic nitrogens is 2. The summed E-state index contributed by atoms with van der Waals surface area (Å²) in [7, 11) is 0. The topological polar surface area (TPSA) is 38.1 Å². The number of aryl methyl sites for hydroxylation is 2. The van der Waals surface area contributed by atoms with Crippen LogP contribution in [-0.4, -0.2) is 27.5 Å². The van der Waals surface area contributed by atoms with Crippen LogP contribution >= 0.6 is 11.3 Å². The molecule has 5 heteroatoms. The van der Waals surface area contributed by atoms with Crippen LogP contribution in [0.3, 0.4) is 0 Å². The van der Waals surface area contributed by atoms with Gasteiger partial charge in [-0.05, 0) is 46.3 Å². The van der Waals surface area contributed by atoms with Crippen molar-refractivity contribution in [2.45, 2.75) is 54.1 Å². The molecule has 0 spiro atoms. The van der Waals surface area contributed by atoms with Crippen molar-refractivity contribution in [2.75, 3.05) is 13.1 Å². The summed E-state index contributed by atoms with van der Waals surface area (Å²) >= 11 is 1.63. The Kier molecular flexibility index (Phi) is 4.84. The molecule has 2 aromatic rings. The SMILES string of the molecule is CCN(CC)Cc1nc2sc(C)c(C)c2c(=O)n1C(C)C. The molecule has 0 aliphatic carbocycles. The molecule has 2 heterocycles. The molecule has 0 bridgehead atoms. The molecule has 2 aromatic heterocycles. The van der Waals surface area contributed by atoms with Crippen molar-refractivity contribution in [1.82, 2.24) is 14.5 Å². The highest BCUT2D eigenvalue weighted by atomic mass is 32.1. The first-order chi connectivity index (χ1) is 9.90. The van der Waals surface area contributed by atoms with E-state index in [1.54, 1.807) is 11.3 Å². The third-order valence-corrected chi connectivity index (χ3v) is 5.19. The molecule has 0 unspecified atom stereocenters. The maximum atomic E-state index is 12.9. The van der Waals surface area contributed by atoms with Crippen LogP contribution in [0.1, 0.15) is 50.0 Å². The lowest BCUT2D eigenvalue weighted by molar-refractivity contribution is 0.279. The van der Waals surface area contributed by atoms with Gasteiger partial charge in [-0.15, -0.1) is 11.3 Å². The molecular formula is C16H25N3OS. The van der Waals surface area contributed by atoms with Crippen LogP contribution in [0.25, 0.3) is 10.2 Å².